The molecule has 1 aromatic heterocycles. The van der Waals surface area contributed by atoms with Crippen LogP contribution in [0.3, 0.4) is 0 Å². The molecule has 31 heavy (non-hydrogen) atoms. The predicted molar refractivity (Wildman–Crippen MR) is 141 cm³/mol. The maximum Gasteiger partial charge on any atom is 0.191 e. The van der Waals surface area contributed by atoms with Crippen molar-refractivity contribution in [1.82, 2.24) is 20.5 Å². The van der Waals surface area contributed by atoms with Crippen LogP contribution in [0.25, 0.3) is 0 Å². The highest BCUT2D eigenvalue weighted by atomic mass is 127. The zero-order valence-corrected chi connectivity index (χ0v) is 22.3. The first-order valence-corrected chi connectivity index (χ1v) is 11.7. The van der Waals surface area contributed by atoms with Crippen LogP contribution in [0.5, 0.6) is 0 Å². The van der Waals surface area contributed by atoms with Crippen LogP contribution < -0.4 is 10.6 Å². The normalized spacial score (nSPS) is 15.9. The van der Waals surface area contributed by atoms with E-state index in [0.29, 0.717) is 6.54 Å². The molecule has 172 valence electrons. The van der Waals surface area contributed by atoms with E-state index in [4.69, 9.17) is 9.73 Å². The van der Waals surface area contributed by atoms with Gasteiger partial charge in [-0.25, -0.2) is 4.98 Å². The van der Waals surface area contributed by atoms with Gasteiger partial charge in [0.2, 0.25) is 0 Å². The third-order valence-corrected chi connectivity index (χ3v) is 6.52. The van der Waals surface area contributed by atoms with Crippen molar-refractivity contribution in [3.8, 4) is 0 Å². The summed E-state index contributed by atoms with van der Waals surface area (Å²) < 4.78 is 5.57. The van der Waals surface area contributed by atoms with Crippen LogP contribution in [0.1, 0.15) is 39.7 Å². The molecule has 1 atom stereocenters. The molecule has 0 amide bonds. The minimum Gasteiger partial charge on any atom is -0.379 e. The lowest BCUT2D eigenvalue weighted by Crippen LogP contribution is -2.42. The summed E-state index contributed by atoms with van der Waals surface area (Å²) in [4.78, 5) is 13.4. The Morgan fingerprint density at radius 1 is 1.23 bits per heavy atom. The summed E-state index contributed by atoms with van der Waals surface area (Å²) in [6.07, 6.45) is 0.911. The van der Waals surface area contributed by atoms with Crippen molar-refractivity contribution in [2.24, 2.45) is 4.99 Å². The zero-order valence-electron chi connectivity index (χ0n) is 19.1. The third-order valence-electron chi connectivity index (χ3n) is 5.38. The van der Waals surface area contributed by atoms with Gasteiger partial charge in [-0.15, -0.1) is 35.3 Å². The lowest BCUT2D eigenvalue weighted by Gasteiger charge is -2.34. The van der Waals surface area contributed by atoms with Crippen molar-refractivity contribution in [3.05, 3.63) is 51.0 Å². The van der Waals surface area contributed by atoms with Gasteiger partial charge in [0.15, 0.2) is 5.96 Å². The van der Waals surface area contributed by atoms with Crippen LogP contribution in [0.2, 0.25) is 0 Å². The van der Waals surface area contributed by atoms with Crippen molar-refractivity contribution in [2.45, 2.75) is 40.2 Å². The van der Waals surface area contributed by atoms with Crippen molar-refractivity contribution in [2.75, 3.05) is 45.9 Å². The van der Waals surface area contributed by atoms with Crippen LogP contribution in [0.4, 0.5) is 0 Å². The SMILES string of the molecule is CCNC(=NCC(c1cccc(C)c1)N1CCOCC1)NCCc1nc(C)c(C)s1.I. The van der Waals surface area contributed by atoms with Crippen molar-refractivity contribution in [1.29, 1.82) is 0 Å². The van der Waals surface area contributed by atoms with Gasteiger partial charge in [-0.3, -0.25) is 9.89 Å². The highest BCUT2D eigenvalue weighted by molar-refractivity contribution is 14.0. The maximum atomic E-state index is 5.57. The molecular weight excluding hydrogens is 521 g/mol. The zero-order chi connectivity index (χ0) is 21.3. The van der Waals surface area contributed by atoms with Gasteiger partial charge in [-0.2, -0.15) is 0 Å². The van der Waals surface area contributed by atoms with Crippen LogP contribution >= 0.6 is 35.3 Å². The lowest BCUT2D eigenvalue weighted by molar-refractivity contribution is 0.0179. The van der Waals surface area contributed by atoms with Gasteiger partial charge in [0, 0.05) is 37.5 Å². The fourth-order valence-electron chi connectivity index (χ4n) is 3.65. The van der Waals surface area contributed by atoms with Gasteiger partial charge >= 0.3 is 0 Å². The number of aromatic nitrogens is 1. The highest BCUT2D eigenvalue weighted by Crippen LogP contribution is 2.23. The number of aryl methyl sites for hydroxylation is 3. The molecule has 2 heterocycles. The van der Waals surface area contributed by atoms with Crippen molar-refractivity contribution >= 4 is 41.3 Å². The van der Waals surface area contributed by atoms with E-state index >= 15 is 0 Å². The smallest absolute Gasteiger partial charge is 0.191 e. The second-order valence-electron chi connectivity index (χ2n) is 7.72. The molecule has 0 aliphatic carbocycles. The summed E-state index contributed by atoms with van der Waals surface area (Å²) in [7, 11) is 0. The number of nitrogens with one attached hydrogen (secondary N) is 2. The van der Waals surface area contributed by atoms with Crippen molar-refractivity contribution in [3.63, 3.8) is 0 Å². The number of rotatable bonds is 8. The molecule has 1 aliphatic heterocycles. The molecule has 0 bridgehead atoms. The fraction of sp³-hybridized carbons (Fsp3) is 0.565. The molecule has 1 aromatic carbocycles. The topological polar surface area (TPSA) is 61.8 Å². The summed E-state index contributed by atoms with van der Waals surface area (Å²) in [6.45, 7) is 14.3. The Bertz CT molecular complexity index is 816. The molecule has 2 aromatic rings. The summed E-state index contributed by atoms with van der Waals surface area (Å²) in [5.41, 5.74) is 3.75. The third kappa shape index (κ3) is 8.00. The molecule has 0 saturated carbocycles. The van der Waals surface area contributed by atoms with Crippen LogP contribution in [0, 0.1) is 20.8 Å². The van der Waals surface area contributed by atoms with Crippen molar-refractivity contribution < 1.29 is 4.74 Å². The Balaban J connectivity index is 0.00000341. The van der Waals surface area contributed by atoms with Crippen LogP contribution in [-0.4, -0.2) is 61.8 Å². The first-order valence-electron chi connectivity index (χ1n) is 10.9. The molecule has 2 N–H and O–H groups in total. The first kappa shape index (κ1) is 26.0. The van der Waals surface area contributed by atoms with Gasteiger partial charge in [-0.05, 0) is 33.3 Å². The molecule has 8 heteroatoms. The molecule has 1 fully saturated rings. The molecule has 3 rings (SSSR count). The Labute approximate surface area is 207 Å². The van der Waals surface area contributed by atoms with Gasteiger partial charge in [-0.1, -0.05) is 29.8 Å². The van der Waals surface area contributed by atoms with E-state index in [1.54, 1.807) is 11.3 Å². The maximum absolute atomic E-state index is 5.57. The van der Waals surface area contributed by atoms with E-state index in [1.807, 2.05) is 0 Å². The summed E-state index contributed by atoms with van der Waals surface area (Å²) >= 11 is 1.79. The lowest BCUT2D eigenvalue weighted by atomic mass is 10.0. The monoisotopic (exact) mass is 557 g/mol. The number of hydrogen-bond acceptors (Lipinski definition) is 5. The van der Waals surface area contributed by atoms with E-state index < -0.39 is 0 Å². The summed E-state index contributed by atoms with van der Waals surface area (Å²) in [6, 6.07) is 9.05. The molecule has 1 aliphatic rings. The van der Waals surface area contributed by atoms with Gasteiger partial charge in [0.1, 0.15) is 0 Å². The van der Waals surface area contributed by atoms with E-state index in [2.05, 4.69) is 72.5 Å². The number of hydrogen-bond donors (Lipinski definition) is 2. The molecule has 1 saturated heterocycles. The average molecular weight is 558 g/mol. The van der Waals surface area contributed by atoms with Crippen LogP contribution in [0.15, 0.2) is 29.3 Å². The predicted octanol–water partition coefficient (Wildman–Crippen LogP) is 3.86. The second-order valence-corrected chi connectivity index (χ2v) is 9.01. The van der Waals surface area contributed by atoms with Gasteiger partial charge in [0.25, 0.3) is 0 Å². The molecule has 1 unspecified atom stereocenters. The minimum atomic E-state index is 0. The number of morpholine rings is 1. The molecular formula is C23H36IN5OS. The first-order chi connectivity index (χ1) is 14.6. The number of nitrogens with zero attached hydrogens (tertiary/aromatic N) is 3. The summed E-state index contributed by atoms with van der Waals surface area (Å²) in [5, 5.41) is 8.05. The standard InChI is InChI=1S/C23H35N5OS.HI/c1-5-24-23(25-10-9-22-27-18(3)19(4)30-22)26-16-21(28-11-13-29-14-12-28)20-8-6-7-17(2)15-20;/h6-8,15,21H,5,9-14,16H2,1-4H3,(H2,24,25,26);1H. The number of aliphatic imine (C=N–C) groups is 1. The Hall–Kier alpha value is -1.23. The molecule has 6 nitrogen and oxygen atoms in total. The summed E-state index contributed by atoms with van der Waals surface area (Å²) in [5.74, 6) is 0.869. The van der Waals surface area contributed by atoms with E-state index in [-0.39, 0.29) is 30.0 Å². The van der Waals surface area contributed by atoms with Gasteiger partial charge in [0.05, 0.1) is 36.5 Å². The largest absolute Gasteiger partial charge is 0.379 e. The quantitative estimate of drug-likeness (QED) is 0.294. The number of benzene rings is 1. The van der Waals surface area contributed by atoms with E-state index in [9.17, 15) is 0 Å². The average Bonchev–Trinajstić information content (AvgIpc) is 3.06. The number of guanidine groups is 1. The Kier molecular flexibility index (Phi) is 11.2. The van der Waals surface area contributed by atoms with Crippen LogP contribution in [-0.2, 0) is 11.2 Å². The second kappa shape index (κ2) is 13.3. The number of thiazole rings is 1. The molecule has 0 radical (unpaired) electrons. The van der Waals surface area contributed by atoms with Gasteiger partial charge < -0.3 is 15.4 Å². The van der Waals surface area contributed by atoms with E-state index in [0.717, 1.165) is 57.5 Å². The molecule has 0 spiro atoms. The fourth-order valence-corrected chi connectivity index (χ4v) is 4.59. The number of halogens is 1. The minimum absolute atomic E-state index is 0. The van der Waals surface area contributed by atoms with E-state index in [1.165, 1.54) is 21.0 Å². The highest BCUT2D eigenvalue weighted by Gasteiger charge is 2.22. The number of ether oxygens (including phenoxy) is 1. The Morgan fingerprint density at radius 3 is 2.65 bits per heavy atom. The Morgan fingerprint density at radius 2 is 2.00 bits per heavy atom.